The highest BCUT2D eigenvalue weighted by molar-refractivity contribution is 5.93. The van der Waals surface area contributed by atoms with E-state index in [-0.39, 0.29) is 17.7 Å². The van der Waals surface area contributed by atoms with Gasteiger partial charge in [-0.05, 0) is 54.0 Å². The van der Waals surface area contributed by atoms with Gasteiger partial charge in [-0.2, -0.15) is 5.26 Å². The van der Waals surface area contributed by atoms with E-state index >= 15 is 0 Å². The zero-order valence-electron chi connectivity index (χ0n) is 16.1. The first-order chi connectivity index (χ1) is 14.5. The second kappa shape index (κ2) is 7.72. The number of fused-ring (bicyclic) bond motifs is 2. The zero-order valence-corrected chi connectivity index (χ0v) is 16.1. The topological polar surface area (TPSA) is 114 Å². The highest BCUT2D eigenvalue weighted by Gasteiger charge is 2.21. The number of benzene rings is 2. The van der Waals surface area contributed by atoms with Gasteiger partial charge < -0.3 is 14.6 Å². The number of allylic oxidation sites excluding steroid dienone is 1. The summed E-state index contributed by atoms with van der Waals surface area (Å²) in [6.45, 7) is 0.423. The SMILES string of the molecule is COc1cc(C=C2CCn3c2nc2cc(C(=O)O)ccc2c3=O)ccc1OCC#N. The average Bonchev–Trinajstić information content (AvgIpc) is 3.15. The minimum Gasteiger partial charge on any atom is -0.493 e. The maximum atomic E-state index is 12.8. The average molecular weight is 403 g/mol. The Morgan fingerprint density at radius 2 is 2.13 bits per heavy atom. The number of aromatic nitrogens is 2. The molecule has 4 rings (SSSR count). The number of nitrogens with zero attached hydrogens (tertiary/aromatic N) is 3. The number of hydrogen-bond acceptors (Lipinski definition) is 6. The van der Waals surface area contributed by atoms with Crippen LogP contribution in [0, 0.1) is 11.3 Å². The molecule has 0 atom stereocenters. The largest absolute Gasteiger partial charge is 0.493 e. The number of carboxylic acids is 1. The van der Waals surface area contributed by atoms with Crippen LogP contribution in [0.25, 0.3) is 22.6 Å². The van der Waals surface area contributed by atoms with Crippen molar-refractivity contribution in [1.29, 1.82) is 5.26 Å². The molecule has 0 aliphatic carbocycles. The Bertz CT molecular complexity index is 1300. The van der Waals surface area contributed by atoms with Crippen LogP contribution in [0.1, 0.15) is 28.2 Å². The molecule has 0 fully saturated rings. The van der Waals surface area contributed by atoms with Crippen molar-refractivity contribution in [2.45, 2.75) is 13.0 Å². The first-order valence-electron chi connectivity index (χ1n) is 9.18. The number of ether oxygens (including phenoxy) is 2. The van der Waals surface area contributed by atoms with Crippen molar-refractivity contribution in [2.75, 3.05) is 13.7 Å². The molecule has 0 bridgehead atoms. The Hall–Kier alpha value is -4.12. The van der Waals surface area contributed by atoms with Crippen molar-refractivity contribution >= 4 is 28.5 Å². The lowest BCUT2D eigenvalue weighted by atomic mass is 10.1. The van der Waals surface area contributed by atoms with E-state index < -0.39 is 5.97 Å². The summed E-state index contributed by atoms with van der Waals surface area (Å²) < 4.78 is 12.3. The fourth-order valence-electron chi connectivity index (χ4n) is 3.49. The van der Waals surface area contributed by atoms with Crippen LogP contribution in [0.4, 0.5) is 0 Å². The molecule has 8 nitrogen and oxygen atoms in total. The first-order valence-corrected chi connectivity index (χ1v) is 9.18. The van der Waals surface area contributed by atoms with Gasteiger partial charge in [0.2, 0.25) is 0 Å². The monoisotopic (exact) mass is 403 g/mol. The molecule has 30 heavy (non-hydrogen) atoms. The molecule has 2 aromatic carbocycles. The molecule has 8 heteroatoms. The standard InChI is InChI=1S/C22H17N3O5/c1-29-19-11-13(2-5-18(19)30-9-7-23)10-14-6-8-25-20(14)24-17-12-15(22(27)28)3-4-16(17)21(25)26/h2-5,10-12H,6,8-9H2,1H3,(H,27,28). The van der Waals surface area contributed by atoms with E-state index in [1.807, 2.05) is 18.2 Å². The fraction of sp³-hybridized carbons (Fsp3) is 0.182. The van der Waals surface area contributed by atoms with Crippen molar-refractivity contribution < 1.29 is 19.4 Å². The summed E-state index contributed by atoms with van der Waals surface area (Å²) in [6.07, 6.45) is 2.54. The molecule has 150 valence electrons. The van der Waals surface area contributed by atoms with Crippen molar-refractivity contribution in [2.24, 2.45) is 0 Å². The van der Waals surface area contributed by atoms with E-state index in [9.17, 15) is 14.7 Å². The van der Waals surface area contributed by atoms with Gasteiger partial charge in [-0.3, -0.25) is 9.36 Å². The minimum atomic E-state index is -1.07. The first kappa shape index (κ1) is 19.2. The molecule has 0 saturated carbocycles. The lowest BCUT2D eigenvalue weighted by Crippen LogP contribution is -2.21. The summed E-state index contributed by atoms with van der Waals surface area (Å²) in [6, 6.07) is 11.6. The number of aromatic carboxylic acids is 1. The van der Waals surface area contributed by atoms with Crippen molar-refractivity contribution in [3.8, 4) is 17.6 Å². The number of rotatable bonds is 5. The zero-order chi connectivity index (χ0) is 21.3. The molecule has 1 aliphatic heterocycles. The van der Waals surface area contributed by atoms with Crippen molar-refractivity contribution in [3.63, 3.8) is 0 Å². The second-order valence-electron chi connectivity index (χ2n) is 6.71. The third-order valence-electron chi connectivity index (χ3n) is 4.92. The van der Waals surface area contributed by atoms with E-state index in [1.54, 1.807) is 16.7 Å². The minimum absolute atomic E-state index is 0.0809. The van der Waals surface area contributed by atoms with Crippen LogP contribution < -0.4 is 15.0 Å². The van der Waals surface area contributed by atoms with Crippen LogP contribution in [0.2, 0.25) is 0 Å². The van der Waals surface area contributed by atoms with Crippen LogP contribution in [0.15, 0.2) is 41.2 Å². The van der Waals surface area contributed by atoms with Gasteiger partial charge in [-0.25, -0.2) is 9.78 Å². The number of methoxy groups -OCH3 is 1. The molecule has 0 amide bonds. The van der Waals surface area contributed by atoms with Crippen LogP contribution in [-0.4, -0.2) is 34.3 Å². The van der Waals surface area contributed by atoms with Crippen LogP contribution in [-0.2, 0) is 6.54 Å². The molecule has 1 N–H and O–H groups in total. The molecule has 3 aromatic rings. The Morgan fingerprint density at radius 1 is 1.30 bits per heavy atom. The van der Waals surface area contributed by atoms with Gasteiger partial charge in [-0.1, -0.05) is 6.07 Å². The fourth-order valence-corrected chi connectivity index (χ4v) is 3.49. The molecule has 0 spiro atoms. The summed E-state index contributed by atoms with van der Waals surface area (Å²) in [5.41, 5.74) is 1.95. The third-order valence-corrected chi connectivity index (χ3v) is 4.92. The smallest absolute Gasteiger partial charge is 0.335 e. The van der Waals surface area contributed by atoms with Gasteiger partial charge >= 0.3 is 5.97 Å². The lowest BCUT2D eigenvalue weighted by molar-refractivity contribution is 0.0697. The van der Waals surface area contributed by atoms with E-state index in [4.69, 9.17) is 14.7 Å². The van der Waals surface area contributed by atoms with Crippen LogP contribution in [0.5, 0.6) is 11.5 Å². The molecule has 2 heterocycles. The molecule has 0 unspecified atom stereocenters. The van der Waals surface area contributed by atoms with Crippen molar-refractivity contribution in [1.82, 2.24) is 9.55 Å². The summed E-state index contributed by atoms with van der Waals surface area (Å²) >= 11 is 0. The highest BCUT2D eigenvalue weighted by Crippen LogP contribution is 2.32. The Kier molecular flexibility index (Phi) is 4.94. The summed E-state index contributed by atoms with van der Waals surface area (Å²) in [4.78, 5) is 28.7. The number of carbonyl (C=O) groups is 1. The highest BCUT2D eigenvalue weighted by atomic mass is 16.5. The molecule has 1 aromatic heterocycles. The molecule has 0 radical (unpaired) electrons. The Balaban J connectivity index is 1.78. The Labute approximate surface area is 171 Å². The van der Waals surface area contributed by atoms with E-state index in [1.165, 1.54) is 25.3 Å². The Morgan fingerprint density at radius 3 is 2.87 bits per heavy atom. The van der Waals surface area contributed by atoms with E-state index in [0.717, 1.165) is 11.1 Å². The molecular formula is C22H17N3O5. The predicted molar refractivity (Wildman–Crippen MR) is 110 cm³/mol. The number of nitriles is 1. The van der Waals surface area contributed by atoms with E-state index in [0.29, 0.717) is 41.2 Å². The van der Waals surface area contributed by atoms with Crippen molar-refractivity contribution in [3.05, 3.63) is 63.7 Å². The molecule has 0 saturated heterocycles. The second-order valence-corrected chi connectivity index (χ2v) is 6.71. The predicted octanol–water partition coefficient (Wildman–Crippen LogP) is 2.95. The third kappa shape index (κ3) is 3.37. The number of carboxylic acid groups (broad SMARTS) is 1. The van der Waals surface area contributed by atoms with Gasteiger partial charge in [0.25, 0.3) is 5.56 Å². The van der Waals surface area contributed by atoms with Gasteiger partial charge in [0.05, 0.1) is 23.6 Å². The summed E-state index contributed by atoms with van der Waals surface area (Å²) in [5, 5.41) is 18.3. The molecular weight excluding hydrogens is 386 g/mol. The number of hydrogen-bond donors (Lipinski definition) is 1. The van der Waals surface area contributed by atoms with Gasteiger partial charge in [0.15, 0.2) is 18.1 Å². The quantitative estimate of drug-likeness (QED) is 0.696. The molecule has 1 aliphatic rings. The van der Waals surface area contributed by atoms with Gasteiger partial charge in [0.1, 0.15) is 11.9 Å². The maximum absolute atomic E-state index is 12.8. The lowest BCUT2D eigenvalue weighted by Gasteiger charge is -2.09. The van der Waals surface area contributed by atoms with Gasteiger partial charge in [-0.15, -0.1) is 0 Å². The maximum Gasteiger partial charge on any atom is 0.335 e. The summed E-state index contributed by atoms with van der Waals surface area (Å²) in [5.74, 6) is 0.418. The normalized spacial score (nSPS) is 13.8. The summed E-state index contributed by atoms with van der Waals surface area (Å²) in [7, 11) is 1.52. The van der Waals surface area contributed by atoms with Crippen LogP contribution >= 0.6 is 0 Å². The van der Waals surface area contributed by atoms with Crippen LogP contribution in [0.3, 0.4) is 0 Å². The van der Waals surface area contributed by atoms with E-state index in [2.05, 4.69) is 4.98 Å². The van der Waals surface area contributed by atoms with Gasteiger partial charge in [0, 0.05) is 6.54 Å².